The zero-order valence-corrected chi connectivity index (χ0v) is 15.0. The highest BCUT2D eigenvalue weighted by molar-refractivity contribution is 6.32. The number of benzene rings is 2. The first-order chi connectivity index (χ1) is 12.5. The van der Waals surface area contributed by atoms with Crippen molar-refractivity contribution in [3.05, 3.63) is 63.8 Å². The van der Waals surface area contributed by atoms with E-state index in [0.717, 1.165) is 5.56 Å². The average Bonchev–Trinajstić information content (AvgIpc) is 3.22. The number of carbonyl (C=O) groups excluding carboxylic acids is 1. The average molecular weight is 370 g/mol. The molecule has 0 spiro atoms. The fraction of sp³-hybridized carbons (Fsp3) is 0.200. The van der Waals surface area contributed by atoms with E-state index in [9.17, 15) is 4.79 Å². The van der Waals surface area contributed by atoms with Gasteiger partial charge in [0, 0.05) is 11.6 Å². The van der Waals surface area contributed by atoms with Crippen LogP contribution in [-0.2, 0) is 9.53 Å². The van der Waals surface area contributed by atoms with Crippen LogP contribution in [0.4, 0.5) is 0 Å². The van der Waals surface area contributed by atoms with Crippen LogP contribution in [0, 0.1) is 0 Å². The third-order valence-corrected chi connectivity index (χ3v) is 4.56. The van der Waals surface area contributed by atoms with Gasteiger partial charge >= 0.3 is 5.97 Å². The minimum absolute atomic E-state index is 0.155. The molecule has 0 atom stereocenters. The lowest BCUT2D eigenvalue weighted by Gasteiger charge is -2.05. The molecule has 26 heavy (non-hydrogen) atoms. The zero-order chi connectivity index (χ0) is 18.3. The molecule has 2 aliphatic heterocycles. The summed E-state index contributed by atoms with van der Waals surface area (Å²) in [5, 5.41) is 0.444. The largest absolute Gasteiger partial charge is 0.454 e. The van der Waals surface area contributed by atoms with Gasteiger partial charge in [0.1, 0.15) is 0 Å². The van der Waals surface area contributed by atoms with E-state index in [2.05, 4.69) is 18.8 Å². The lowest BCUT2D eigenvalue weighted by molar-refractivity contribution is -0.129. The third-order valence-electron chi connectivity index (χ3n) is 4.23. The molecule has 2 aliphatic rings. The van der Waals surface area contributed by atoms with Gasteiger partial charge in [-0.15, -0.1) is 0 Å². The number of carbonyl (C=O) groups is 1. The Kier molecular flexibility index (Phi) is 4.17. The van der Waals surface area contributed by atoms with Crippen LogP contribution in [0.15, 0.2) is 47.1 Å². The minimum atomic E-state index is -0.512. The molecular formula is C20H16ClNO4. The molecular weight excluding hydrogens is 354 g/mol. The van der Waals surface area contributed by atoms with Crippen molar-refractivity contribution in [3.8, 4) is 11.5 Å². The molecule has 4 rings (SSSR count). The molecule has 0 unspecified atom stereocenters. The van der Waals surface area contributed by atoms with Crippen LogP contribution in [0.5, 0.6) is 11.5 Å². The molecule has 0 aromatic heterocycles. The Morgan fingerprint density at radius 3 is 2.50 bits per heavy atom. The number of fused-ring (bicyclic) bond motifs is 1. The second-order valence-corrected chi connectivity index (χ2v) is 6.75. The fourth-order valence-electron chi connectivity index (χ4n) is 2.73. The first-order valence-corrected chi connectivity index (χ1v) is 8.61. The highest BCUT2D eigenvalue weighted by Crippen LogP contribution is 2.38. The molecule has 0 saturated heterocycles. The molecule has 0 fully saturated rings. The monoisotopic (exact) mass is 369 g/mol. The van der Waals surface area contributed by atoms with Crippen molar-refractivity contribution >= 4 is 29.5 Å². The first kappa shape index (κ1) is 16.7. The van der Waals surface area contributed by atoms with Gasteiger partial charge in [0.2, 0.25) is 12.7 Å². The summed E-state index contributed by atoms with van der Waals surface area (Å²) in [4.78, 5) is 16.5. The number of aliphatic imine (C=N–C) groups is 1. The van der Waals surface area contributed by atoms with Gasteiger partial charge in [-0.3, -0.25) is 0 Å². The van der Waals surface area contributed by atoms with Crippen LogP contribution in [0.25, 0.3) is 6.08 Å². The van der Waals surface area contributed by atoms with Gasteiger partial charge in [-0.1, -0.05) is 37.6 Å². The number of hydrogen-bond acceptors (Lipinski definition) is 5. The smallest absolute Gasteiger partial charge is 0.363 e. The fourth-order valence-corrected chi connectivity index (χ4v) is 2.94. The van der Waals surface area contributed by atoms with Crippen LogP contribution in [0.3, 0.4) is 0 Å². The summed E-state index contributed by atoms with van der Waals surface area (Å²) in [5.41, 5.74) is 2.77. The van der Waals surface area contributed by atoms with E-state index < -0.39 is 5.97 Å². The first-order valence-electron chi connectivity index (χ1n) is 8.23. The molecule has 2 aromatic carbocycles. The van der Waals surface area contributed by atoms with Crippen LogP contribution < -0.4 is 9.47 Å². The summed E-state index contributed by atoms with van der Waals surface area (Å²) < 4.78 is 15.9. The lowest BCUT2D eigenvalue weighted by Crippen LogP contribution is -2.05. The minimum Gasteiger partial charge on any atom is -0.454 e. The van der Waals surface area contributed by atoms with E-state index in [1.165, 1.54) is 5.56 Å². The predicted molar refractivity (Wildman–Crippen MR) is 98.7 cm³/mol. The highest BCUT2D eigenvalue weighted by Gasteiger charge is 2.25. The highest BCUT2D eigenvalue weighted by atomic mass is 35.5. The van der Waals surface area contributed by atoms with E-state index in [-0.39, 0.29) is 18.4 Å². The molecule has 2 aromatic rings. The van der Waals surface area contributed by atoms with E-state index in [1.54, 1.807) is 18.2 Å². The number of esters is 1. The van der Waals surface area contributed by atoms with Gasteiger partial charge in [-0.2, -0.15) is 0 Å². The van der Waals surface area contributed by atoms with Crippen LogP contribution in [0.2, 0.25) is 5.02 Å². The van der Waals surface area contributed by atoms with Crippen molar-refractivity contribution in [1.82, 2.24) is 0 Å². The van der Waals surface area contributed by atoms with E-state index >= 15 is 0 Å². The molecule has 0 bridgehead atoms. The van der Waals surface area contributed by atoms with Gasteiger partial charge in [-0.05, 0) is 41.3 Å². The Morgan fingerprint density at radius 2 is 1.81 bits per heavy atom. The molecule has 0 saturated carbocycles. The summed E-state index contributed by atoms with van der Waals surface area (Å²) in [6.07, 6.45) is 1.59. The summed E-state index contributed by atoms with van der Waals surface area (Å²) >= 11 is 6.25. The maximum Gasteiger partial charge on any atom is 0.363 e. The number of hydrogen-bond donors (Lipinski definition) is 0. The molecule has 5 nitrogen and oxygen atoms in total. The summed E-state index contributed by atoms with van der Waals surface area (Å²) in [7, 11) is 0. The normalized spacial score (nSPS) is 17.0. The maximum atomic E-state index is 12.2. The zero-order valence-electron chi connectivity index (χ0n) is 14.3. The van der Waals surface area contributed by atoms with Gasteiger partial charge in [0.05, 0.1) is 5.02 Å². The topological polar surface area (TPSA) is 57.1 Å². The van der Waals surface area contributed by atoms with Crippen molar-refractivity contribution in [3.63, 3.8) is 0 Å². The second-order valence-electron chi connectivity index (χ2n) is 6.34. The summed E-state index contributed by atoms with van der Waals surface area (Å²) in [6.45, 7) is 4.40. The van der Waals surface area contributed by atoms with Gasteiger partial charge in [-0.25, -0.2) is 9.79 Å². The number of halogens is 1. The van der Waals surface area contributed by atoms with Gasteiger partial charge < -0.3 is 14.2 Å². The van der Waals surface area contributed by atoms with E-state index in [4.69, 9.17) is 25.8 Å². The molecule has 132 valence electrons. The lowest BCUT2D eigenvalue weighted by atomic mass is 10.0. The van der Waals surface area contributed by atoms with Crippen LogP contribution in [-0.4, -0.2) is 18.7 Å². The molecule has 0 amide bonds. The SMILES string of the molecule is CC(C)c1ccc(C2=N/C(=C\c3cc4c(cc3Cl)OCO4)C(=O)O2)cc1. The second kappa shape index (κ2) is 6.50. The maximum absolute atomic E-state index is 12.2. The molecule has 0 radical (unpaired) electrons. The Balaban J connectivity index is 1.65. The third kappa shape index (κ3) is 3.06. The van der Waals surface area contributed by atoms with E-state index in [0.29, 0.717) is 28.0 Å². The van der Waals surface area contributed by atoms with Gasteiger partial charge in [0.15, 0.2) is 17.2 Å². The Hall–Kier alpha value is -2.79. The van der Waals surface area contributed by atoms with Crippen molar-refractivity contribution in [1.29, 1.82) is 0 Å². The van der Waals surface area contributed by atoms with Crippen molar-refractivity contribution in [2.24, 2.45) is 4.99 Å². The van der Waals surface area contributed by atoms with Crippen LogP contribution in [0.1, 0.15) is 36.5 Å². The standard InChI is InChI=1S/C20H16ClNO4/c1-11(2)12-3-5-13(6-4-12)19-22-16(20(23)26-19)7-14-8-17-18(9-15(14)21)25-10-24-17/h3-9,11H,10H2,1-2H3/b16-7-. The van der Waals surface area contributed by atoms with Gasteiger partial charge in [0.25, 0.3) is 0 Å². The van der Waals surface area contributed by atoms with Crippen LogP contribution >= 0.6 is 11.6 Å². The molecule has 2 heterocycles. The molecule has 0 N–H and O–H groups in total. The predicted octanol–water partition coefficient (Wildman–Crippen LogP) is 4.54. The number of nitrogens with zero attached hydrogens (tertiary/aromatic N) is 1. The molecule has 0 aliphatic carbocycles. The molecule has 6 heteroatoms. The quantitative estimate of drug-likeness (QED) is 0.589. The van der Waals surface area contributed by atoms with Crippen molar-refractivity contribution < 1.29 is 19.0 Å². The van der Waals surface area contributed by atoms with Crippen molar-refractivity contribution in [2.75, 3.05) is 6.79 Å². The van der Waals surface area contributed by atoms with E-state index in [1.807, 2.05) is 24.3 Å². The number of cyclic esters (lactones) is 1. The van der Waals surface area contributed by atoms with Crippen molar-refractivity contribution in [2.45, 2.75) is 19.8 Å². The Labute approximate surface area is 155 Å². The number of ether oxygens (including phenoxy) is 3. The summed E-state index contributed by atoms with van der Waals surface area (Å²) in [5.74, 6) is 1.37. The summed E-state index contributed by atoms with van der Waals surface area (Å²) in [6, 6.07) is 11.2. The Morgan fingerprint density at radius 1 is 1.12 bits per heavy atom. The Bertz CT molecular complexity index is 945. The number of rotatable bonds is 3.